The van der Waals surface area contributed by atoms with Gasteiger partial charge < -0.3 is 0 Å². The van der Waals surface area contributed by atoms with E-state index in [1.165, 1.54) is 4.21 Å². The molecule has 0 aromatic carbocycles. The zero-order valence-corrected chi connectivity index (χ0v) is 9.77. The first-order valence-electron chi connectivity index (χ1n) is 4.03. The van der Waals surface area contributed by atoms with Gasteiger partial charge in [-0.1, -0.05) is 0 Å². The fourth-order valence-electron chi connectivity index (χ4n) is 0.814. The second kappa shape index (κ2) is 5.68. The maximum atomic E-state index is 11.0. The molecule has 1 nitrogen and oxygen atoms in total. The van der Waals surface area contributed by atoms with Gasteiger partial charge in [0.15, 0.2) is 5.78 Å². The van der Waals surface area contributed by atoms with Crippen molar-refractivity contribution in [1.82, 2.24) is 0 Å². The third kappa shape index (κ3) is 3.71. The standard InChI is InChI=1S/C9H11ClOS2/c1-7(11)8-3-4-9(13-8)12-6-2-5-10/h3-4H,2,5-6H2,1H3. The van der Waals surface area contributed by atoms with Crippen LogP contribution in [0.15, 0.2) is 16.3 Å². The molecule has 1 rings (SSSR count). The molecule has 1 aromatic heterocycles. The molecule has 0 unspecified atom stereocenters. The van der Waals surface area contributed by atoms with Gasteiger partial charge in [0.05, 0.1) is 9.09 Å². The van der Waals surface area contributed by atoms with E-state index in [0.29, 0.717) is 5.88 Å². The zero-order valence-electron chi connectivity index (χ0n) is 7.38. The van der Waals surface area contributed by atoms with E-state index in [1.807, 2.05) is 12.1 Å². The molecule has 0 atom stereocenters. The molecule has 0 N–H and O–H groups in total. The molecule has 0 bridgehead atoms. The van der Waals surface area contributed by atoms with E-state index in [4.69, 9.17) is 11.6 Å². The van der Waals surface area contributed by atoms with Crippen LogP contribution in [-0.4, -0.2) is 17.4 Å². The molecule has 0 spiro atoms. The maximum absolute atomic E-state index is 11.0. The largest absolute Gasteiger partial charge is 0.294 e. The number of ketones is 1. The van der Waals surface area contributed by atoms with E-state index in [-0.39, 0.29) is 5.78 Å². The van der Waals surface area contributed by atoms with Gasteiger partial charge in [-0.3, -0.25) is 4.79 Å². The Morgan fingerprint density at radius 2 is 2.38 bits per heavy atom. The van der Waals surface area contributed by atoms with E-state index in [1.54, 1.807) is 30.0 Å². The van der Waals surface area contributed by atoms with Gasteiger partial charge >= 0.3 is 0 Å². The number of rotatable bonds is 5. The minimum atomic E-state index is 0.147. The first-order valence-corrected chi connectivity index (χ1v) is 6.37. The molecule has 0 aliphatic carbocycles. The number of halogens is 1. The maximum Gasteiger partial charge on any atom is 0.169 e. The van der Waals surface area contributed by atoms with Crippen LogP contribution in [0, 0.1) is 0 Å². The Morgan fingerprint density at radius 3 is 2.92 bits per heavy atom. The van der Waals surface area contributed by atoms with E-state index in [0.717, 1.165) is 17.1 Å². The Hall–Kier alpha value is 0.01000. The molecular weight excluding hydrogens is 224 g/mol. The number of alkyl halides is 1. The summed E-state index contributed by atoms with van der Waals surface area (Å²) in [6.45, 7) is 1.60. The van der Waals surface area contributed by atoms with Gasteiger partial charge in [-0.2, -0.15) is 0 Å². The molecule has 1 heterocycles. The fraction of sp³-hybridized carbons (Fsp3) is 0.444. The zero-order chi connectivity index (χ0) is 9.68. The summed E-state index contributed by atoms with van der Waals surface area (Å²) < 4.78 is 1.20. The van der Waals surface area contributed by atoms with Crippen LogP contribution in [-0.2, 0) is 0 Å². The van der Waals surface area contributed by atoms with Gasteiger partial charge in [0.2, 0.25) is 0 Å². The Labute approximate surface area is 91.5 Å². The molecule has 72 valence electrons. The molecule has 4 heteroatoms. The highest BCUT2D eigenvalue weighted by atomic mass is 35.5. The highest BCUT2D eigenvalue weighted by Crippen LogP contribution is 2.27. The van der Waals surface area contributed by atoms with Gasteiger partial charge in [0.25, 0.3) is 0 Å². The number of hydrogen-bond acceptors (Lipinski definition) is 3. The van der Waals surface area contributed by atoms with Crippen LogP contribution in [0.2, 0.25) is 0 Å². The van der Waals surface area contributed by atoms with Crippen LogP contribution in [0.1, 0.15) is 23.0 Å². The van der Waals surface area contributed by atoms with E-state index in [2.05, 4.69) is 0 Å². The quantitative estimate of drug-likeness (QED) is 0.335. The van der Waals surface area contributed by atoms with Gasteiger partial charge in [0.1, 0.15) is 0 Å². The number of carbonyl (C=O) groups is 1. The van der Waals surface area contributed by atoms with Crippen LogP contribution in [0.3, 0.4) is 0 Å². The molecule has 0 aliphatic rings. The normalized spacial score (nSPS) is 10.3. The van der Waals surface area contributed by atoms with Crippen LogP contribution in [0.4, 0.5) is 0 Å². The smallest absolute Gasteiger partial charge is 0.169 e. The van der Waals surface area contributed by atoms with Gasteiger partial charge in [-0.25, -0.2) is 0 Å². The Kier molecular flexibility index (Phi) is 4.84. The van der Waals surface area contributed by atoms with E-state index < -0.39 is 0 Å². The summed E-state index contributed by atoms with van der Waals surface area (Å²) in [6.07, 6.45) is 1.01. The summed E-state index contributed by atoms with van der Waals surface area (Å²) in [5.41, 5.74) is 0. The minimum Gasteiger partial charge on any atom is -0.294 e. The van der Waals surface area contributed by atoms with Crippen LogP contribution < -0.4 is 0 Å². The van der Waals surface area contributed by atoms with Crippen LogP contribution >= 0.6 is 34.7 Å². The molecule has 0 saturated carbocycles. The summed E-state index contributed by atoms with van der Waals surface area (Å²) in [6, 6.07) is 3.89. The Balaban J connectivity index is 2.44. The first-order chi connectivity index (χ1) is 6.24. The third-order valence-electron chi connectivity index (χ3n) is 1.45. The number of Topliss-reactive ketones (excluding diaryl/α,β-unsaturated/α-hetero) is 1. The number of carbonyl (C=O) groups excluding carboxylic acids is 1. The lowest BCUT2D eigenvalue weighted by Gasteiger charge is -1.93. The minimum absolute atomic E-state index is 0.147. The Bertz CT molecular complexity index is 283. The second-order valence-electron chi connectivity index (χ2n) is 2.57. The summed E-state index contributed by atoms with van der Waals surface area (Å²) in [7, 11) is 0. The molecule has 1 aromatic rings. The number of hydrogen-bond donors (Lipinski definition) is 0. The second-order valence-corrected chi connectivity index (χ2v) is 5.42. The third-order valence-corrected chi connectivity index (χ3v) is 4.22. The molecule has 0 fully saturated rings. The molecule has 0 radical (unpaired) electrons. The van der Waals surface area contributed by atoms with Crippen molar-refractivity contribution in [1.29, 1.82) is 0 Å². The topological polar surface area (TPSA) is 17.1 Å². The lowest BCUT2D eigenvalue weighted by Crippen LogP contribution is -1.83. The predicted octanol–water partition coefficient (Wildman–Crippen LogP) is 3.67. The molecule has 0 amide bonds. The highest BCUT2D eigenvalue weighted by molar-refractivity contribution is 8.01. The number of thiophene rings is 1. The van der Waals surface area contributed by atoms with Crippen molar-refractivity contribution in [2.45, 2.75) is 17.6 Å². The summed E-state index contributed by atoms with van der Waals surface area (Å²) in [5.74, 6) is 1.88. The predicted molar refractivity (Wildman–Crippen MR) is 60.4 cm³/mol. The van der Waals surface area contributed by atoms with Crippen molar-refractivity contribution < 1.29 is 4.79 Å². The lowest BCUT2D eigenvalue weighted by atomic mass is 10.4. The lowest BCUT2D eigenvalue weighted by molar-refractivity contribution is 0.102. The Morgan fingerprint density at radius 1 is 1.62 bits per heavy atom. The average molecular weight is 235 g/mol. The summed E-state index contributed by atoms with van der Waals surface area (Å²) >= 11 is 8.89. The SMILES string of the molecule is CC(=O)c1ccc(SCCCCl)s1. The average Bonchev–Trinajstić information content (AvgIpc) is 2.53. The first kappa shape index (κ1) is 11.1. The van der Waals surface area contributed by atoms with Crippen LogP contribution in [0.25, 0.3) is 0 Å². The van der Waals surface area contributed by atoms with Crippen molar-refractivity contribution in [3.63, 3.8) is 0 Å². The monoisotopic (exact) mass is 234 g/mol. The molecule has 13 heavy (non-hydrogen) atoms. The van der Waals surface area contributed by atoms with E-state index >= 15 is 0 Å². The molecule has 0 saturated heterocycles. The highest BCUT2D eigenvalue weighted by Gasteiger charge is 2.03. The van der Waals surface area contributed by atoms with Crippen LogP contribution in [0.5, 0.6) is 0 Å². The van der Waals surface area contributed by atoms with Gasteiger partial charge in [0, 0.05) is 5.88 Å². The molecular formula is C9H11ClOS2. The van der Waals surface area contributed by atoms with Crippen molar-refractivity contribution >= 4 is 40.5 Å². The summed E-state index contributed by atoms with van der Waals surface area (Å²) in [5, 5.41) is 0. The van der Waals surface area contributed by atoms with Crippen molar-refractivity contribution in [3.8, 4) is 0 Å². The number of thioether (sulfide) groups is 1. The fourth-order valence-corrected chi connectivity index (χ4v) is 3.15. The van der Waals surface area contributed by atoms with Crippen molar-refractivity contribution in [2.75, 3.05) is 11.6 Å². The van der Waals surface area contributed by atoms with Crippen molar-refractivity contribution in [2.24, 2.45) is 0 Å². The summed E-state index contributed by atoms with van der Waals surface area (Å²) in [4.78, 5) is 11.8. The molecule has 0 aliphatic heterocycles. The van der Waals surface area contributed by atoms with Gasteiger partial charge in [-0.15, -0.1) is 34.7 Å². The van der Waals surface area contributed by atoms with Crippen molar-refractivity contribution in [3.05, 3.63) is 17.0 Å². The van der Waals surface area contributed by atoms with E-state index in [9.17, 15) is 4.79 Å². The van der Waals surface area contributed by atoms with Gasteiger partial charge in [-0.05, 0) is 31.2 Å².